The number of anilines is 1. The molecule has 20 heavy (non-hydrogen) atoms. The molecular weight excluding hydrogens is 312 g/mol. The van der Waals surface area contributed by atoms with Crippen molar-refractivity contribution < 1.29 is 0 Å². The number of rotatable bonds is 7. The molecule has 0 saturated heterocycles. The quantitative estimate of drug-likeness (QED) is 0.816. The maximum Gasteiger partial charge on any atom is 0.0400 e. The largest absolute Gasteiger partial charge is 0.371 e. The van der Waals surface area contributed by atoms with E-state index < -0.39 is 0 Å². The average molecular weight is 337 g/mol. The first-order chi connectivity index (χ1) is 9.61. The van der Waals surface area contributed by atoms with Gasteiger partial charge in [0, 0.05) is 29.3 Å². The Kier molecular flexibility index (Phi) is 4.37. The molecule has 2 N–H and O–H groups in total. The van der Waals surface area contributed by atoms with Crippen LogP contribution in [0.1, 0.15) is 38.2 Å². The van der Waals surface area contributed by atoms with Crippen molar-refractivity contribution >= 4 is 21.6 Å². The third-order valence-electron chi connectivity index (χ3n) is 4.28. The van der Waals surface area contributed by atoms with Crippen molar-refractivity contribution in [2.24, 2.45) is 17.6 Å². The number of nitrogens with two attached hydrogens (primary N) is 1. The fourth-order valence-electron chi connectivity index (χ4n) is 2.87. The Morgan fingerprint density at radius 1 is 1.20 bits per heavy atom. The molecular formula is C17H25BrN2. The molecule has 1 unspecified atom stereocenters. The highest BCUT2D eigenvalue weighted by molar-refractivity contribution is 9.10. The van der Waals surface area contributed by atoms with Gasteiger partial charge in [-0.15, -0.1) is 0 Å². The van der Waals surface area contributed by atoms with Crippen molar-refractivity contribution in [2.75, 3.05) is 18.0 Å². The summed E-state index contributed by atoms with van der Waals surface area (Å²) in [7, 11) is 0. The first kappa shape index (κ1) is 14.4. The van der Waals surface area contributed by atoms with Crippen molar-refractivity contribution in [1.29, 1.82) is 0 Å². The Balaban J connectivity index is 1.82. The van der Waals surface area contributed by atoms with Gasteiger partial charge in [-0.3, -0.25) is 0 Å². The molecule has 0 aliphatic heterocycles. The molecule has 110 valence electrons. The number of hydrogen-bond donors (Lipinski definition) is 1. The molecule has 1 aromatic rings. The average Bonchev–Trinajstić information content (AvgIpc) is 3.22. The smallest absolute Gasteiger partial charge is 0.0400 e. The molecule has 2 aliphatic rings. The maximum absolute atomic E-state index is 6.04. The number of halogens is 1. The van der Waals surface area contributed by atoms with Crippen LogP contribution in [0.5, 0.6) is 0 Å². The fourth-order valence-corrected chi connectivity index (χ4v) is 3.28. The van der Waals surface area contributed by atoms with Crippen molar-refractivity contribution in [2.45, 2.75) is 45.1 Å². The van der Waals surface area contributed by atoms with Crippen molar-refractivity contribution in [3.8, 4) is 0 Å². The Morgan fingerprint density at radius 2 is 1.80 bits per heavy atom. The molecule has 1 atom stereocenters. The van der Waals surface area contributed by atoms with Crippen LogP contribution in [0.2, 0.25) is 0 Å². The molecule has 2 nitrogen and oxygen atoms in total. The van der Waals surface area contributed by atoms with E-state index in [9.17, 15) is 0 Å². The van der Waals surface area contributed by atoms with Gasteiger partial charge in [0.2, 0.25) is 0 Å². The summed E-state index contributed by atoms with van der Waals surface area (Å²) in [5, 5.41) is 0. The zero-order chi connectivity index (χ0) is 14.1. The van der Waals surface area contributed by atoms with E-state index in [0.717, 1.165) is 22.7 Å². The summed E-state index contributed by atoms with van der Waals surface area (Å²) in [5.74, 6) is 1.86. The predicted molar refractivity (Wildman–Crippen MR) is 89.2 cm³/mol. The summed E-state index contributed by atoms with van der Waals surface area (Å²) in [4.78, 5) is 2.64. The summed E-state index contributed by atoms with van der Waals surface area (Å²) in [5.41, 5.74) is 8.86. The third kappa shape index (κ3) is 3.98. The van der Waals surface area contributed by atoms with Crippen molar-refractivity contribution in [3.63, 3.8) is 0 Å². The lowest BCUT2D eigenvalue weighted by Crippen LogP contribution is -2.30. The number of benzene rings is 1. The highest BCUT2D eigenvalue weighted by Gasteiger charge is 2.30. The minimum absolute atomic E-state index is 0.215. The summed E-state index contributed by atoms with van der Waals surface area (Å²) in [6, 6.07) is 6.93. The maximum atomic E-state index is 6.04. The molecule has 0 amide bonds. The van der Waals surface area contributed by atoms with Crippen LogP contribution in [0.25, 0.3) is 0 Å². The monoisotopic (exact) mass is 336 g/mol. The third-order valence-corrected chi connectivity index (χ3v) is 4.77. The molecule has 3 heteroatoms. The van der Waals surface area contributed by atoms with Crippen LogP contribution in [0, 0.1) is 11.8 Å². The summed E-state index contributed by atoms with van der Waals surface area (Å²) >= 11 is 3.60. The Bertz CT molecular complexity index is 450. The standard InChI is InChI=1S/C17H25BrN2/c1-12(19)8-15-9-16(18)6-7-17(15)20(10-13-2-3-13)11-14-4-5-14/h6-7,9,12-14H,2-5,8,10-11,19H2,1H3. The molecule has 2 aliphatic carbocycles. The van der Waals surface area contributed by atoms with Crippen LogP contribution < -0.4 is 10.6 Å². The van der Waals surface area contributed by atoms with Crippen molar-refractivity contribution in [3.05, 3.63) is 28.2 Å². The second kappa shape index (κ2) is 6.07. The predicted octanol–water partition coefficient (Wildman–Crippen LogP) is 3.97. The second-order valence-electron chi connectivity index (χ2n) is 6.75. The van der Waals surface area contributed by atoms with Crippen LogP contribution in [0.3, 0.4) is 0 Å². The summed E-state index contributed by atoms with van der Waals surface area (Å²) in [6.45, 7) is 4.57. The molecule has 1 aromatic carbocycles. The van der Waals surface area contributed by atoms with Gasteiger partial charge < -0.3 is 10.6 Å². The van der Waals surface area contributed by atoms with Gasteiger partial charge in [0.1, 0.15) is 0 Å². The van der Waals surface area contributed by atoms with Crippen molar-refractivity contribution in [1.82, 2.24) is 0 Å². The normalized spacial score (nSPS) is 19.9. The van der Waals surface area contributed by atoms with E-state index in [4.69, 9.17) is 5.73 Å². The van der Waals surface area contributed by atoms with E-state index in [0.29, 0.717) is 0 Å². The van der Waals surface area contributed by atoms with Crippen LogP contribution in [0.4, 0.5) is 5.69 Å². The van der Waals surface area contributed by atoms with Crippen LogP contribution in [0.15, 0.2) is 22.7 Å². The summed E-state index contributed by atoms with van der Waals surface area (Å²) < 4.78 is 1.16. The minimum atomic E-state index is 0.215. The molecule has 2 saturated carbocycles. The summed E-state index contributed by atoms with van der Waals surface area (Å²) in [6.07, 6.45) is 6.63. The van der Waals surface area contributed by atoms with Gasteiger partial charge in [-0.25, -0.2) is 0 Å². The molecule has 0 heterocycles. The second-order valence-corrected chi connectivity index (χ2v) is 7.66. The molecule has 0 bridgehead atoms. The Morgan fingerprint density at radius 3 is 2.30 bits per heavy atom. The Hall–Kier alpha value is -0.540. The van der Waals surface area contributed by atoms with Gasteiger partial charge in [-0.1, -0.05) is 15.9 Å². The lowest BCUT2D eigenvalue weighted by Gasteiger charge is -2.28. The first-order valence-corrected chi connectivity index (χ1v) is 8.70. The van der Waals surface area contributed by atoms with Crippen LogP contribution >= 0.6 is 15.9 Å². The van der Waals surface area contributed by atoms with E-state index in [2.05, 4.69) is 46.0 Å². The minimum Gasteiger partial charge on any atom is -0.371 e. The number of nitrogens with zero attached hydrogens (tertiary/aromatic N) is 1. The van der Waals surface area contributed by atoms with Gasteiger partial charge in [0.05, 0.1) is 0 Å². The van der Waals surface area contributed by atoms with Gasteiger partial charge in [0.15, 0.2) is 0 Å². The van der Waals surface area contributed by atoms with Crippen LogP contribution in [-0.4, -0.2) is 19.1 Å². The molecule has 0 aromatic heterocycles. The zero-order valence-corrected chi connectivity index (χ0v) is 13.9. The van der Waals surface area contributed by atoms with E-state index in [1.165, 1.54) is 50.0 Å². The van der Waals surface area contributed by atoms with E-state index in [1.807, 2.05) is 0 Å². The lowest BCUT2D eigenvalue weighted by atomic mass is 10.0. The molecule has 0 radical (unpaired) electrons. The highest BCUT2D eigenvalue weighted by atomic mass is 79.9. The zero-order valence-electron chi connectivity index (χ0n) is 12.3. The van der Waals surface area contributed by atoms with Gasteiger partial charge in [-0.05, 0) is 74.6 Å². The lowest BCUT2D eigenvalue weighted by molar-refractivity contribution is 0.669. The highest BCUT2D eigenvalue weighted by Crippen LogP contribution is 2.37. The van der Waals surface area contributed by atoms with E-state index in [1.54, 1.807) is 0 Å². The fraction of sp³-hybridized carbons (Fsp3) is 0.647. The van der Waals surface area contributed by atoms with E-state index >= 15 is 0 Å². The Labute approximate surface area is 130 Å². The van der Waals surface area contributed by atoms with E-state index in [-0.39, 0.29) is 6.04 Å². The topological polar surface area (TPSA) is 29.3 Å². The molecule has 0 spiro atoms. The molecule has 2 fully saturated rings. The first-order valence-electron chi connectivity index (χ1n) is 7.91. The number of hydrogen-bond acceptors (Lipinski definition) is 2. The van der Waals surface area contributed by atoms with Crippen LogP contribution in [-0.2, 0) is 6.42 Å². The molecule has 3 rings (SSSR count). The van der Waals surface area contributed by atoms with Gasteiger partial charge in [-0.2, -0.15) is 0 Å². The van der Waals surface area contributed by atoms with Gasteiger partial charge in [0.25, 0.3) is 0 Å². The SMILES string of the molecule is CC(N)Cc1cc(Br)ccc1N(CC1CC1)CC1CC1. The van der Waals surface area contributed by atoms with Gasteiger partial charge >= 0.3 is 0 Å².